The predicted molar refractivity (Wildman–Crippen MR) is 99.1 cm³/mol. The van der Waals surface area contributed by atoms with Gasteiger partial charge in [-0.1, -0.05) is 30.3 Å². The minimum Gasteiger partial charge on any atom is -0.374 e. The zero-order valence-corrected chi connectivity index (χ0v) is 14.7. The number of nitro groups is 1. The van der Waals surface area contributed by atoms with Crippen LogP contribution in [-0.2, 0) is 17.9 Å². The molecule has 0 radical (unpaired) electrons. The summed E-state index contributed by atoms with van der Waals surface area (Å²) in [6.07, 6.45) is 0. The Balaban J connectivity index is 1.93. The summed E-state index contributed by atoms with van der Waals surface area (Å²) in [7, 11) is 0. The Morgan fingerprint density at radius 2 is 2.00 bits per heavy atom. The van der Waals surface area contributed by atoms with E-state index < -0.39 is 4.92 Å². The van der Waals surface area contributed by atoms with Crippen molar-refractivity contribution in [1.29, 1.82) is 0 Å². The highest BCUT2D eigenvalue weighted by Crippen LogP contribution is 2.29. The Labute approximate surface area is 155 Å². The molecule has 136 valence electrons. The Morgan fingerprint density at radius 3 is 2.74 bits per heavy atom. The van der Waals surface area contributed by atoms with Gasteiger partial charge in [0.15, 0.2) is 11.6 Å². The number of hydrogen-bond donors (Lipinski definition) is 0. The number of nitro benzene ring substituents is 1. The third-order valence-electron chi connectivity index (χ3n) is 4.35. The van der Waals surface area contributed by atoms with E-state index in [0.29, 0.717) is 42.7 Å². The smallest absolute Gasteiger partial charge is 0.270 e. The molecule has 1 aliphatic rings. The summed E-state index contributed by atoms with van der Waals surface area (Å²) in [5, 5.41) is 19.8. The van der Waals surface area contributed by atoms with Gasteiger partial charge in [0.25, 0.3) is 5.69 Å². The van der Waals surface area contributed by atoms with E-state index in [2.05, 4.69) is 10.2 Å². The lowest BCUT2D eigenvalue weighted by atomic mass is 10.00. The number of rotatable bonds is 5. The highest BCUT2D eigenvalue weighted by molar-refractivity contribution is 6.15. The average molecular weight is 363 g/mol. The Bertz CT molecular complexity index is 1030. The molecule has 0 N–H and O–H groups in total. The first-order chi connectivity index (χ1) is 13.2. The maximum atomic E-state index is 11.3. The maximum absolute atomic E-state index is 11.3. The van der Waals surface area contributed by atoms with Gasteiger partial charge in [-0.15, -0.1) is 10.2 Å². The van der Waals surface area contributed by atoms with Crippen molar-refractivity contribution < 1.29 is 9.66 Å². The highest BCUT2D eigenvalue weighted by Gasteiger charge is 2.24. The van der Waals surface area contributed by atoms with Gasteiger partial charge < -0.3 is 4.74 Å². The quantitative estimate of drug-likeness (QED) is 0.513. The summed E-state index contributed by atoms with van der Waals surface area (Å²) in [5.74, 6) is 1.32. The molecule has 8 nitrogen and oxygen atoms in total. The summed E-state index contributed by atoms with van der Waals surface area (Å²) in [5.41, 5.74) is 3.04. The number of ether oxygens (including phenoxy) is 1. The van der Waals surface area contributed by atoms with Gasteiger partial charge in [-0.3, -0.25) is 19.7 Å². The van der Waals surface area contributed by atoms with Gasteiger partial charge in [0.05, 0.1) is 16.3 Å². The molecule has 0 aliphatic carbocycles. The van der Waals surface area contributed by atoms with Crippen molar-refractivity contribution in [3.05, 3.63) is 81.4 Å². The third-order valence-corrected chi connectivity index (χ3v) is 4.35. The minimum atomic E-state index is -0.401. The summed E-state index contributed by atoms with van der Waals surface area (Å²) >= 11 is 0. The van der Waals surface area contributed by atoms with E-state index >= 15 is 0 Å². The molecule has 27 heavy (non-hydrogen) atoms. The fraction of sp³-hybridized carbons (Fsp3) is 0.211. The second kappa shape index (κ2) is 7.08. The van der Waals surface area contributed by atoms with Gasteiger partial charge in [0, 0.05) is 29.9 Å². The molecule has 0 amide bonds. The maximum Gasteiger partial charge on any atom is 0.270 e. The number of hydrogen-bond acceptors (Lipinski definition) is 6. The Hall–Kier alpha value is -3.39. The molecule has 3 aromatic rings. The number of aromatic nitrogens is 3. The molecule has 2 aromatic carbocycles. The summed E-state index contributed by atoms with van der Waals surface area (Å²) < 4.78 is 7.39. The van der Waals surface area contributed by atoms with Gasteiger partial charge in [0.2, 0.25) is 0 Å². The van der Waals surface area contributed by atoms with Crippen molar-refractivity contribution in [2.24, 2.45) is 4.99 Å². The van der Waals surface area contributed by atoms with E-state index in [4.69, 9.17) is 9.73 Å². The first kappa shape index (κ1) is 17.0. The third kappa shape index (κ3) is 3.11. The normalized spacial score (nSPS) is 12.7. The van der Waals surface area contributed by atoms with Crippen molar-refractivity contribution in [2.75, 3.05) is 6.61 Å². The van der Waals surface area contributed by atoms with Crippen molar-refractivity contribution in [2.45, 2.75) is 20.1 Å². The molecule has 0 fully saturated rings. The van der Waals surface area contributed by atoms with Crippen LogP contribution in [0.15, 0.2) is 53.5 Å². The first-order valence-electron chi connectivity index (χ1n) is 8.59. The van der Waals surface area contributed by atoms with Crippen molar-refractivity contribution >= 4 is 11.4 Å². The van der Waals surface area contributed by atoms with Crippen LogP contribution < -0.4 is 0 Å². The minimum absolute atomic E-state index is 0.0141. The van der Waals surface area contributed by atoms with Crippen LogP contribution in [0.1, 0.15) is 29.7 Å². The molecule has 1 aliphatic heterocycles. The van der Waals surface area contributed by atoms with Crippen molar-refractivity contribution in [1.82, 2.24) is 14.8 Å². The molecule has 2 heterocycles. The molecular formula is C19H17N5O3. The molecule has 0 saturated carbocycles. The highest BCUT2D eigenvalue weighted by atomic mass is 16.6. The number of aliphatic imine (C=N–C) groups is 1. The van der Waals surface area contributed by atoms with Crippen molar-refractivity contribution in [3.63, 3.8) is 0 Å². The second-order valence-electron chi connectivity index (χ2n) is 5.99. The molecule has 4 rings (SSSR count). The van der Waals surface area contributed by atoms with Crippen LogP contribution in [-0.4, -0.2) is 32.0 Å². The van der Waals surface area contributed by atoms with Crippen LogP contribution in [0.25, 0.3) is 5.69 Å². The zero-order chi connectivity index (χ0) is 18.8. The van der Waals surface area contributed by atoms with Gasteiger partial charge in [-0.05, 0) is 13.0 Å². The van der Waals surface area contributed by atoms with Gasteiger partial charge in [-0.2, -0.15) is 0 Å². The topological polar surface area (TPSA) is 95.4 Å². The Morgan fingerprint density at radius 1 is 1.19 bits per heavy atom. The van der Waals surface area contributed by atoms with Crippen LogP contribution in [0, 0.1) is 10.1 Å². The van der Waals surface area contributed by atoms with Crippen LogP contribution in [0.4, 0.5) is 5.69 Å². The number of benzene rings is 2. The molecular weight excluding hydrogens is 346 g/mol. The fourth-order valence-corrected chi connectivity index (χ4v) is 3.12. The van der Waals surface area contributed by atoms with E-state index in [1.54, 1.807) is 12.1 Å². The molecule has 0 saturated heterocycles. The first-order valence-corrected chi connectivity index (χ1v) is 8.59. The average Bonchev–Trinajstić information content (AvgIpc) is 3.02. The molecule has 1 aromatic heterocycles. The number of fused-ring (bicyclic) bond motifs is 3. The summed E-state index contributed by atoms with van der Waals surface area (Å²) in [6, 6.07) is 14.4. The van der Waals surface area contributed by atoms with Crippen LogP contribution in [0.3, 0.4) is 0 Å². The van der Waals surface area contributed by atoms with E-state index in [9.17, 15) is 10.1 Å². The lowest BCUT2D eigenvalue weighted by Gasteiger charge is -2.13. The number of nitrogens with zero attached hydrogens (tertiary/aromatic N) is 5. The standard InChI is InChI=1S/C19H17N5O3/c1-2-27-12-18-22-21-17-11-20-19(13-6-4-3-5-7-13)15-10-14(24(25)26)8-9-16(15)23(17)18/h3-10H,2,11-12H2,1H3. The van der Waals surface area contributed by atoms with Gasteiger partial charge in [0.1, 0.15) is 13.2 Å². The molecule has 0 unspecified atom stereocenters. The largest absolute Gasteiger partial charge is 0.374 e. The summed E-state index contributed by atoms with van der Waals surface area (Å²) in [6.45, 7) is 3.10. The summed E-state index contributed by atoms with van der Waals surface area (Å²) in [4.78, 5) is 15.6. The monoisotopic (exact) mass is 363 g/mol. The van der Waals surface area contributed by atoms with Crippen LogP contribution >= 0.6 is 0 Å². The predicted octanol–water partition coefficient (Wildman–Crippen LogP) is 3.06. The van der Waals surface area contributed by atoms with E-state index in [-0.39, 0.29) is 5.69 Å². The van der Waals surface area contributed by atoms with Crippen molar-refractivity contribution in [3.8, 4) is 5.69 Å². The van der Waals surface area contributed by atoms with Gasteiger partial charge >= 0.3 is 0 Å². The molecule has 8 heteroatoms. The number of non-ortho nitro benzene ring substituents is 1. The fourth-order valence-electron chi connectivity index (χ4n) is 3.12. The van der Waals surface area contributed by atoms with E-state index in [1.807, 2.05) is 41.8 Å². The van der Waals surface area contributed by atoms with Crippen LogP contribution in [0.5, 0.6) is 0 Å². The van der Waals surface area contributed by atoms with Crippen LogP contribution in [0.2, 0.25) is 0 Å². The van der Waals surface area contributed by atoms with E-state index in [0.717, 1.165) is 11.3 Å². The Kier molecular flexibility index (Phi) is 4.47. The lowest BCUT2D eigenvalue weighted by Crippen LogP contribution is -2.11. The zero-order valence-electron chi connectivity index (χ0n) is 14.7. The molecule has 0 bridgehead atoms. The SMILES string of the molecule is CCOCc1nnc2n1-c1ccc([N+](=O)[O-])cc1C(c1ccccc1)=NC2. The van der Waals surface area contributed by atoms with E-state index in [1.165, 1.54) is 6.07 Å². The molecule has 0 atom stereocenters. The lowest BCUT2D eigenvalue weighted by molar-refractivity contribution is -0.384. The van der Waals surface area contributed by atoms with Gasteiger partial charge in [-0.25, -0.2) is 0 Å². The second-order valence-corrected chi connectivity index (χ2v) is 5.99. The molecule has 0 spiro atoms.